The molecule has 0 atom stereocenters. The lowest BCUT2D eigenvalue weighted by atomic mass is 10.3. The molecule has 0 bridgehead atoms. The van der Waals surface area contributed by atoms with E-state index >= 15 is 0 Å². The van der Waals surface area contributed by atoms with E-state index in [-0.39, 0.29) is 22.7 Å². The van der Waals surface area contributed by atoms with Gasteiger partial charge in [0, 0.05) is 12.2 Å². The van der Waals surface area contributed by atoms with Crippen LogP contribution in [0.15, 0.2) is 11.0 Å². The molecule has 0 unspecified atom stereocenters. The number of carbonyl (C=O) groups excluding carboxylic acids is 1. The molecule has 2 N–H and O–H groups in total. The van der Waals surface area contributed by atoms with Gasteiger partial charge in [0.1, 0.15) is 0 Å². The number of H-pyrrole nitrogens is 1. The van der Waals surface area contributed by atoms with E-state index in [0.29, 0.717) is 12.2 Å². The maximum Gasteiger partial charge on any atom is 0.276 e. The van der Waals surface area contributed by atoms with Gasteiger partial charge in [0.2, 0.25) is 0 Å². The first-order valence-electron chi connectivity index (χ1n) is 5.36. The van der Waals surface area contributed by atoms with E-state index in [1.807, 2.05) is 6.92 Å². The Balaban J connectivity index is 2.49. The molecule has 0 fully saturated rings. The Kier molecular flexibility index (Phi) is 2.90. The van der Waals surface area contributed by atoms with Crippen LogP contribution in [0.1, 0.15) is 29.5 Å². The topological polar surface area (TPSA) is 92.2 Å². The molecule has 2 rings (SSSR count). The second kappa shape index (κ2) is 4.36. The van der Waals surface area contributed by atoms with E-state index in [0.717, 1.165) is 6.42 Å². The Hall–Kier alpha value is -2.18. The summed E-state index contributed by atoms with van der Waals surface area (Å²) in [6.07, 6.45) is 2.43. The van der Waals surface area contributed by atoms with Gasteiger partial charge < -0.3 is 10.3 Å². The predicted molar refractivity (Wildman–Crippen MR) is 61.0 cm³/mol. The SMILES string of the molecule is CCCNC(=O)c1nnn2cc(C)[nH]c(=O)c12. The van der Waals surface area contributed by atoms with Gasteiger partial charge >= 0.3 is 0 Å². The maximum atomic E-state index is 11.7. The summed E-state index contributed by atoms with van der Waals surface area (Å²) in [6.45, 7) is 4.22. The third-order valence-corrected chi connectivity index (χ3v) is 2.29. The molecule has 0 saturated carbocycles. The highest BCUT2D eigenvalue weighted by molar-refractivity contribution is 5.98. The van der Waals surface area contributed by atoms with Gasteiger partial charge in [0.05, 0.1) is 6.20 Å². The van der Waals surface area contributed by atoms with Crippen LogP contribution in [-0.4, -0.2) is 32.3 Å². The molecule has 0 saturated heterocycles. The van der Waals surface area contributed by atoms with Gasteiger partial charge in [-0.3, -0.25) is 9.59 Å². The van der Waals surface area contributed by atoms with Crippen LogP contribution in [0.3, 0.4) is 0 Å². The number of amides is 1. The van der Waals surface area contributed by atoms with Gasteiger partial charge in [0.15, 0.2) is 11.2 Å². The minimum atomic E-state index is -0.379. The lowest BCUT2D eigenvalue weighted by Crippen LogP contribution is -2.26. The number of hydrogen-bond acceptors (Lipinski definition) is 4. The molecular weight excluding hydrogens is 222 g/mol. The fraction of sp³-hybridized carbons (Fsp3) is 0.400. The molecule has 2 aromatic heterocycles. The van der Waals surface area contributed by atoms with E-state index in [4.69, 9.17) is 0 Å². The summed E-state index contributed by atoms with van der Waals surface area (Å²) in [5.74, 6) is -0.379. The van der Waals surface area contributed by atoms with Crippen LogP contribution >= 0.6 is 0 Å². The molecule has 0 aliphatic heterocycles. The Morgan fingerprint density at radius 3 is 3.06 bits per heavy atom. The Labute approximate surface area is 96.8 Å². The number of aryl methyl sites for hydroxylation is 1. The van der Waals surface area contributed by atoms with Gasteiger partial charge in [-0.05, 0) is 13.3 Å². The number of aromatic amines is 1. The molecule has 0 aliphatic rings. The van der Waals surface area contributed by atoms with Crippen LogP contribution in [0.5, 0.6) is 0 Å². The molecule has 2 aromatic rings. The zero-order valence-corrected chi connectivity index (χ0v) is 9.65. The highest BCUT2D eigenvalue weighted by Crippen LogP contribution is 2.02. The summed E-state index contributed by atoms with van der Waals surface area (Å²) >= 11 is 0. The van der Waals surface area contributed by atoms with Gasteiger partial charge in [-0.25, -0.2) is 4.52 Å². The highest BCUT2D eigenvalue weighted by atomic mass is 16.2. The van der Waals surface area contributed by atoms with Crippen molar-refractivity contribution in [2.24, 2.45) is 0 Å². The predicted octanol–water partition coefficient (Wildman–Crippen LogP) is -0.134. The minimum Gasteiger partial charge on any atom is -0.351 e. The van der Waals surface area contributed by atoms with Crippen molar-refractivity contribution in [2.45, 2.75) is 20.3 Å². The molecule has 0 aromatic carbocycles. The molecule has 1 amide bonds. The monoisotopic (exact) mass is 235 g/mol. The first-order chi connectivity index (χ1) is 8.13. The van der Waals surface area contributed by atoms with Gasteiger partial charge in [-0.1, -0.05) is 12.1 Å². The van der Waals surface area contributed by atoms with Crippen molar-refractivity contribution in [1.29, 1.82) is 0 Å². The van der Waals surface area contributed by atoms with Gasteiger partial charge in [0.25, 0.3) is 11.5 Å². The molecule has 0 radical (unpaired) electrons. The lowest BCUT2D eigenvalue weighted by molar-refractivity contribution is 0.0950. The lowest BCUT2D eigenvalue weighted by Gasteiger charge is -1.99. The van der Waals surface area contributed by atoms with Gasteiger partial charge in [-0.2, -0.15) is 0 Å². The third kappa shape index (κ3) is 2.03. The second-order valence-corrected chi connectivity index (χ2v) is 3.75. The van der Waals surface area contributed by atoms with Crippen LogP contribution in [-0.2, 0) is 0 Å². The molecule has 0 aliphatic carbocycles. The van der Waals surface area contributed by atoms with Crippen LogP contribution < -0.4 is 10.9 Å². The Morgan fingerprint density at radius 1 is 1.59 bits per heavy atom. The van der Waals surface area contributed by atoms with Crippen molar-refractivity contribution in [3.05, 3.63) is 27.9 Å². The van der Waals surface area contributed by atoms with Crippen molar-refractivity contribution >= 4 is 11.4 Å². The summed E-state index contributed by atoms with van der Waals surface area (Å²) in [5.41, 5.74) is 0.522. The highest BCUT2D eigenvalue weighted by Gasteiger charge is 2.17. The number of nitrogens with one attached hydrogen (secondary N) is 2. The van der Waals surface area contributed by atoms with E-state index < -0.39 is 0 Å². The van der Waals surface area contributed by atoms with Crippen LogP contribution in [0.4, 0.5) is 0 Å². The van der Waals surface area contributed by atoms with E-state index in [2.05, 4.69) is 20.6 Å². The molecule has 2 heterocycles. The second-order valence-electron chi connectivity index (χ2n) is 3.75. The smallest absolute Gasteiger partial charge is 0.276 e. The van der Waals surface area contributed by atoms with Crippen molar-refractivity contribution in [1.82, 2.24) is 25.1 Å². The molecule has 7 heteroatoms. The first kappa shape index (κ1) is 11.3. The number of hydrogen-bond donors (Lipinski definition) is 2. The quantitative estimate of drug-likeness (QED) is 0.774. The van der Waals surface area contributed by atoms with Gasteiger partial charge in [-0.15, -0.1) is 5.10 Å². The van der Waals surface area contributed by atoms with E-state index in [9.17, 15) is 9.59 Å². The normalized spacial score (nSPS) is 10.7. The number of carbonyl (C=O) groups is 1. The number of rotatable bonds is 3. The Morgan fingerprint density at radius 2 is 2.35 bits per heavy atom. The zero-order valence-electron chi connectivity index (χ0n) is 9.65. The molecule has 0 spiro atoms. The number of fused-ring (bicyclic) bond motifs is 1. The maximum absolute atomic E-state index is 11.7. The molecular formula is C10H13N5O2. The fourth-order valence-electron chi connectivity index (χ4n) is 1.52. The zero-order chi connectivity index (χ0) is 12.4. The standard InChI is InChI=1S/C10H13N5O2/c1-3-4-11-9(16)7-8-10(17)12-6(2)5-15(8)14-13-7/h5H,3-4H2,1-2H3,(H,11,16)(H,12,17). The van der Waals surface area contributed by atoms with Crippen LogP contribution in [0.25, 0.3) is 5.52 Å². The van der Waals surface area contributed by atoms with Crippen molar-refractivity contribution in [3.8, 4) is 0 Å². The first-order valence-corrected chi connectivity index (χ1v) is 5.36. The average molecular weight is 235 g/mol. The van der Waals surface area contributed by atoms with E-state index in [1.54, 1.807) is 13.1 Å². The van der Waals surface area contributed by atoms with Crippen molar-refractivity contribution < 1.29 is 4.79 Å². The van der Waals surface area contributed by atoms with Crippen LogP contribution in [0, 0.1) is 6.92 Å². The molecule has 17 heavy (non-hydrogen) atoms. The third-order valence-electron chi connectivity index (χ3n) is 2.29. The number of aromatic nitrogens is 4. The van der Waals surface area contributed by atoms with Crippen LogP contribution in [0.2, 0.25) is 0 Å². The summed E-state index contributed by atoms with van der Waals surface area (Å²) in [7, 11) is 0. The average Bonchev–Trinajstić information content (AvgIpc) is 2.69. The van der Waals surface area contributed by atoms with Crippen molar-refractivity contribution in [2.75, 3.05) is 6.54 Å². The summed E-state index contributed by atoms with van der Waals surface area (Å²) in [6, 6.07) is 0. The minimum absolute atomic E-state index is 0.0553. The fourth-order valence-corrected chi connectivity index (χ4v) is 1.52. The largest absolute Gasteiger partial charge is 0.351 e. The Bertz CT molecular complexity index is 613. The molecule has 90 valence electrons. The van der Waals surface area contributed by atoms with E-state index in [1.165, 1.54) is 4.52 Å². The summed E-state index contributed by atoms with van der Waals surface area (Å²) in [5, 5.41) is 10.1. The summed E-state index contributed by atoms with van der Waals surface area (Å²) < 4.78 is 1.31. The summed E-state index contributed by atoms with van der Waals surface area (Å²) in [4.78, 5) is 26.1. The number of nitrogens with zero attached hydrogens (tertiary/aromatic N) is 3. The van der Waals surface area contributed by atoms with Crippen molar-refractivity contribution in [3.63, 3.8) is 0 Å². The molecule has 7 nitrogen and oxygen atoms in total.